The van der Waals surface area contributed by atoms with Gasteiger partial charge in [-0.25, -0.2) is 0 Å². The lowest BCUT2D eigenvalue weighted by Gasteiger charge is -2.43. The Morgan fingerprint density at radius 1 is 1.15 bits per heavy atom. The molecule has 1 unspecified atom stereocenters. The van der Waals surface area contributed by atoms with Crippen LogP contribution in [0.2, 0.25) is 0 Å². The Hall–Kier alpha value is -0.0800. The molecule has 0 fully saturated rings. The maximum atomic E-state index is 5.96. The van der Waals surface area contributed by atoms with Crippen LogP contribution < -0.4 is 11.5 Å². The average Bonchev–Trinajstić information content (AvgIpc) is 1.97. The van der Waals surface area contributed by atoms with Crippen molar-refractivity contribution in [1.29, 1.82) is 0 Å². The molecular weight excluding hydrogens is 160 g/mol. The smallest absolute Gasteiger partial charge is 0.0662 e. The van der Waals surface area contributed by atoms with E-state index in [4.69, 9.17) is 11.5 Å². The molecule has 2 nitrogen and oxygen atoms in total. The van der Waals surface area contributed by atoms with E-state index < -0.39 is 5.66 Å². The van der Waals surface area contributed by atoms with Gasteiger partial charge in [0.2, 0.25) is 0 Å². The van der Waals surface area contributed by atoms with E-state index in [0.717, 1.165) is 0 Å². The van der Waals surface area contributed by atoms with Crippen LogP contribution in [0.15, 0.2) is 0 Å². The summed E-state index contributed by atoms with van der Waals surface area (Å²) in [5, 5.41) is 0. The molecule has 0 amide bonds. The maximum Gasteiger partial charge on any atom is 0.0662 e. The fraction of sp³-hybridized carbons (Fsp3) is 1.00. The van der Waals surface area contributed by atoms with Crippen molar-refractivity contribution >= 4 is 0 Å². The van der Waals surface area contributed by atoms with E-state index in [1.165, 1.54) is 19.3 Å². The molecular formula is C11H26N2. The van der Waals surface area contributed by atoms with Gasteiger partial charge < -0.3 is 11.5 Å². The van der Waals surface area contributed by atoms with Crippen molar-refractivity contribution in [2.75, 3.05) is 0 Å². The maximum absolute atomic E-state index is 5.96. The number of hydrogen-bond acceptors (Lipinski definition) is 2. The summed E-state index contributed by atoms with van der Waals surface area (Å²) < 4.78 is 0. The van der Waals surface area contributed by atoms with Gasteiger partial charge >= 0.3 is 0 Å². The molecule has 0 aliphatic rings. The summed E-state index contributed by atoms with van der Waals surface area (Å²) in [5.74, 6) is 0.576. The molecule has 0 saturated heterocycles. The lowest BCUT2D eigenvalue weighted by molar-refractivity contribution is 0.102. The number of hydrogen-bond donors (Lipinski definition) is 2. The van der Waals surface area contributed by atoms with Gasteiger partial charge in [0.25, 0.3) is 0 Å². The van der Waals surface area contributed by atoms with Gasteiger partial charge in [-0.15, -0.1) is 0 Å². The van der Waals surface area contributed by atoms with Crippen molar-refractivity contribution in [3.05, 3.63) is 0 Å². The standard InChI is InChI=1S/C11H26N2/c1-6-7-8-9(2)10(3,4)11(5,12)13/h9H,6-8,12-13H2,1-5H3. The minimum Gasteiger partial charge on any atom is -0.313 e. The number of rotatable bonds is 5. The minimum absolute atomic E-state index is 0.00215. The summed E-state index contributed by atoms with van der Waals surface area (Å²) in [5.41, 5.74) is 11.3. The third kappa shape index (κ3) is 3.28. The third-order valence-corrected chi connectivity index (χ3v) is 3.61. The van der Waals surface area contributed by atoms with Crippen LogP contribution in [0.1, 0.15) is 53.9 Å². The number of nitrogens with two attached hydrogens (primary N) is 2. The molecule has 4 N–H and O–H groups in total. The predicted octanol–water partition coefficient (Wildman–Crippen LogP) is 2.47. The normalized spacial score (nSPS) is 15.9. The number of unbranched alkanes of at least 4 members (excludes halogenated alkanes) is 1. The van der Waals surface area contributed by atoms with Crippen molar-refractivity contribution in [3.63, 3.8) is 0 Å². The quantitative estimate of drug-likeness (QED) is 0.648. The first-order chi connectivity index (χ1) is 5.73. The molecule has 80 valence electrons. The van der Waals surface area contributed by atoms with E-state index in [0.29, 0.717) is 5.92 Å². The highest BCUT2D eigenvalue weighted by Crippen LogP contribution is 2.36. The van der Waals surface area contributed by atoms with E-state index in [1.54, 1.807) is 0 Å². The molecule has 0 aromatic heterocycles. The predicted molar refractivity (Wildman–Crippen MR) is 59.2 cm³/mol. The van der Waals surface area contributed by atoms with Gasteiger partial charge in [0.15, 0.2) is 0 Å². The van der Waals surface area contributed by atoms with Gasteiger partial charge in [0.05, 0.1) is 5.66 Å². The average molecular weight is 186 g/mol. The summed E-state index contributed by atoms with van der Waals surface area (Å²) in [6.45, 7) is 10.7. The molecule has 0 aliphatic carbocycles. The van der Waals surface area contributed by atoms with Gasteiger partial charge in [0, 0.05) is 0 Å². The van der Waals surface area contributed by atoms with Crippen LogP contribution in [-0.4, -0.2) is 5.66 Å². The van der Waals surface area contributed by atoms with Crippen LogP contribution in [0.3, 0.4) is 0 Å². The van der Waals surface area contributed by atoms with Gasteiger partial charge in [-0.2, -0.15) is 0 Å². The molecule has 1 atom stereocenters. The van der Waals surface area contributed by atoms with E-state index in [9.17, 15) is 0 Å². The van der Waals surface area contributed by atoms with E-state index >= 15 is 0 Å². The fourth-order valence-corrected chi connectivity index (χ4v) is 1.40. The van der Waals surface area contributed by atoms with Crippen molar-refractivity contribution in [3.8, 4) is 0 Å². The molecule has 0 rings (SSSR count). The highest BCUT2D eigenvalue weighted by molar-refractivity contribution is 4.92. The highest BCUT2D eigenvalue weighted by Gasteiger charge is 2.38. The van der Waals surface area contributed by atoms with Gasteiger partial charge in [-0.05, 0) is 18.3 Å². The van der Waals surface area contributed by atoms with E-state index in [-0.39, 0.29) is 5.41 Å². The monoisotopic (exact) mass is 186 g/mol. The topological polar surface area (TPSA) is 52.0 Å². The zero-order valence-electron chi connectivity index (χ0n) is 9.85. The molecule has 0 aromatic carbocycles. The summed E-state index contributed by atoms with van der Waals surface area (Å²) >= 11 is 0. The van der Waals surface area contributed by atoms with Crippen LogP contribution in [-0.2, 0) is 0 Å². The molecule has 13 heavy (non-hydrogen) atoms. The second kappa shape index (κ2) is 4.43. The molecule has 0 radical (unpaired) electrons. The van der Waals surface area contributed by atoms with Crippen LogP contribution in [0, 0.1) is 11.3 Å². The molecule has 0 aliphatic heterocycles. The summed E-state index contributed by atoms with van der Waals surface area (Å²) in [6.07, 6.45) is 3.72. The zero-order chi connectivity index (χ0) is 10.7. The molecule has 0 saturated carbocycles. The summed E-state index contributed by atoms with van der Waals surface area (Å²) in [6, 6.07) is 0. The minimum atomic E-state index is -0.583. The first-order valence-corrected chi connectivity index (χ1v) is 5.31. The Kier molecular flexibility index (Phi) is 4.40. The highest BCUT2D eigenvalue weighted by atomic mass is 15.0. The molecule has 0 spiro atoms. The lowest BCUT2D eigenvalue weighted by Crippen LogP contribution is -2.60. The molecule has 0 heterocycles. The Balaban J connectivity index is 4.27. The summed E-state index contributed by atoms with van der Waals surface area (Å²) in [7, 11) is 0. The Morgan fingerprint density at radius 2 is 1.62 bits per heavy atom. The van der Waals surface area contributed by atoms with E-state index in [2.05, 4.69) is 27.7 Å². The van der Waals surface area contributed by atoms with Gasteiger partial charge in [-0.1, -0.05) is 47.0 Å². The van der Waals surface area contributed by atoms with Gasteiger partial charge in [-0.3, -0.25) is 0 Å². The third-order valence-electron chi connectivity index (χ3n) is 3.61. The van der Waals surface area contributed by atoms with Crippen molar-refractivity contribution in [1.82, 2.24) is 0 Å². The first kappa shape index (κ1) is 12.9. The largest absolute Gasteiger partial charge is 0.313 e. The fourth-order valence-electron chi connectivity index (χ4n) is 1.40. The van der Waals surface area contributed by atoms with Crippen molar-refractivity contribution < 1.29 is 0 Å². The second-order valence-corrected chi connectivity index (χ2v) is 5.05. The van der Waals surface area contributed by atoms with Crippen molar-refractivity contribution in [2.45, 2.75) is 59.5 Å². The Morgan fingerprint density at radius 3 is 1.92 bits per heavy atom. The van der Waals surface area contributed by atoms with Crippen LogP contribution in [0.5, 0.6) is 0 Å². The van der Waals surface area contributed by atoms with Crippen molar-refractivity contribution in [2.24, 2.45) is 22.8 Å². The van der Waals surface area contributed by atoms with Gasteiger partial charge in [0.1, 0.15) is 0 Å². The van der Waals surface area contributed by atoms with Crippen LogP contribution in [0.4, 0.5) is 0 Å². The lowest BCUT2D eigenvalue weighted by atomic mass is 9.69. The summed E-state index contributed by atoms with van der Waals surface area (Å²) in [4.78, 5) is 0. The Labute approximate surface area is 83.1 Å². The van der Waals surface area contributed by atoms with Crippen LogP contribution >= 0.6 is 0 Å². The first-order valence-electron chi connectivity index (χ1n) is 5.31. The van der Waals surface area contributed by atoms with E-state index in [1.807, 2.05) is 6.92 Å². The second-order valence-electron chi connectivity index (χ2n) is 5.05. The molecule has 2 heteroatoms. The Bertz CT molecular complexity index is 145. The molecule has 0 aromatic rings. The van der Waals surface area contributed by atoms with Crippen LogP contribution in [0.25, 0.3) is 0 Å². The zero-order valence-corrected chi connectivity index (χ0v) is 9.85. The molecule has 0 bridgehead atoms. The SMILES string of the molecule is CCCCC(C)C(C)(C)C(C)(N)N.